The van der Waals surface area contributed by atoms with Gasteiger partial charge in [-0.1, -0.05) is 0 Å². The monoisotopic (exact) mass is 354 g/mol. The first-order valence-corrected chi connectivity index (χ1v) is 14.6. The summed E-state index contributed by atoms with van der Waals surface area (Å²) < 4.78 is 2.77. The number of nitrogens with two attached hydrogens (primary N) is 1. The van der Waals surface area contributed by atoms with Gasteiger partial charge < -0.3 is 0 Å². The molecule has 0 bridgehead atoms. The fraction of sp³-hybridized carbons (Fsp3) is 0.909. The van der Waals surface area contributed by atoms with Crippen molar-refractivity contribution < 1.29 is 9.90 Å². The van der Waals surface area contributed by atoms with Gasteiger partial charge in [0.25, 0.3) is 0 Å². The van der Waals surface area contributed by atoms with E-state index in [1.165, 1.54) is 34.6 Å². The van der Waals surface area contributed by atoms with Gasteiger partial charge in [0.1, 0.15) is 0 Å². The van der Waals surface area contributed by atoms with E-state index in [2.05, 4.69) is 13.8 Å². The Balaban J connectivity index is 3.84. The molecule has 0 aromatic carbocycles. The zero-order valence-corrected chi connectivity index (χ0v) is 14.0. The fourth-order valence-corrected chi connectivity index (χ4v) is 15.1. The third-order valence-electron chi connectivity index (χ3n) is 2.40. The van der Waals surface area contributed by atoms with Crippen molar-refractivity contribution in [3.05, 3.63) is 0 Å². The van der Waals surface area contributed by atoms with Gasteiger partial charge in [0.2, 0.25) is 0 Å². The molecule has 0 aliphatic carbocycles. The van der Waals surface area contributed by atoms with Crippen molar-refractivity contribution in [1.82, 2.24) is 0 Å². The number of carbonyl (C=O) groups is 1. The van der Waals surface area contributed by atoms with Gasteiger partial charge in [-0.05, 0) is 0 Å². The van der Waals surface area contributed by atoms with Crippen LogP contribution in [0.1, 0.15) is 39.5 Å². The predicted molar refractivity (Wildman–Crippen MR) is 73.3 cm³/mol. The van der Waals surface area contributed by atoms with Gasteiger partial charge in [0.05, 0.1) is 0 Å². The van der Waals surface area contributed by atoms with Crippen LogP contribution in [0.5, 0.6) is 0 Å². The summed E-state index contributed by atoms with van der Waals surface area (Å²) in [6.45, 7) is 4.43. The third-order valence-corrected chi connectivity index (χ3v) is 16.2. The Morgan fingerprint density at radius 2 is 1.81 bits per heavy atom. The Morgan fingerprint density at radius 3 is 2.19 bits per heavy atom. The molecule has 0 aliphatic rings. The topological polar surface area (TPSA) is 63.3 Å². The molecule has 0 saturated carbocycles. The van der Waals surface area contributed by atoms with Gasteiger partial charge in [-0.2, -0.15) is 0 Å². The first-order chi connectivity index (χ1) is 7.61. The Labute approximate surface area is 109 Å². The first-order valence-electron chi connectivity index (χ1n) is 6.07. The molecule has 0 amide bonds. The second kappa shape index (κ2) is 10.7. The van der Waals surface area contributed by atoms with E-state index in [0.29, 0.717) is 5.75 Å². The quantitative estimate of drug-likeness (QED) is 0.593. The van der Waals surface area contributed by atoms with E-state index >= 15 is 0 Å². The van der Waals surface area contributed by atoms with Crippen LogP contribution in [0.15, 0.2) is 0 Å². The van der Waals surface area contributed by atoms with Crippen LogP contribution in [-0.4, -0.2) is 41.2 Å². The Hall–Kier alpha value is 0.579. The Bertz CT molecular complexity index is 185. The van der Waals surface area contributed by atoms with Crippen molar-refractivity contribution in [2.24, 2.45) is 5.73 Å². The van der Waals surface area contributed by atoms with Crippen LogP contribution >= 0.6 is 8.95 Å². The van der Waals surface area contributed by atoms with E-state index in [-0.39, 0.29) is 0 Å². The predicted octanol–water partition coefficient (Wildman–Crippen LogP) is 2.72. The molecule has 3 nitrogen and oxygen atoms in total. The number of rotatable bonds is 10. The molecule has 1 radical (unpaired) electrons. The van der Waals surface area contributed by atoms with Crippen LogP contribution in [0.3, 0.4) is 0 Å². The molecule has 0 unspecified atom stereocenters. The molecule has 1 atom stereocenters. The molecule has 0 aromatic heterocycles. The number of unbranched alkanes of at least 4 members (excludes halogenated alkanes) is 2. The summed E-state index contributed by atoms with van der Waals surface area (Å²) in [5, 5.41) is 8.73. The molecule has 5 heteroatoms. The van der Waals surface area contributed by atoms with Crippen LogP contribution < -0.4 is 5.73 Å². The van der Waals surface area contributed by atoms with E-state index < -0.39 is 30.4 Å². The van der Waals surface area contributed by atoms with Crippen LogP contribution in [0, 0.1) is 0 Å². The second-order valence-corrected chi connectivity index (χ2v) is 16.9. The zero-order valence-electron chi connectivity index (χ0n) is 10.4. The summed E-state index contributed by atoms with van der Waals surface area (Å²) in [4.78, 5) is 10.6. The zero-order chi connectivity index (χ0) is 12.4. The molecule has 0 aliphatic heterocycles. The van der Waals surface area contributed by atoms with Crippen molar-refractivity contribution in [3.8, 4) is 0 Å². The van der Waals surface area contributed by atoms with Crippen LogP contribution in [0.4, 0.5) is 0 Å². The molecule has 3 N–H and O–H groups in total. The van der Waals surface area contributed by atoms with Gasteiger partial charge in [-0.3, -0.25) is 0 Å². The van der Waals surface area contributed by atoms with Crippen LogP contribution in [0.25, 0.3) is 0 Å². The molecule has 16 heavy (non-hydrogen) atoms. The second-order valence-electron chi connectivity index (χ2n) is 4.00. The van der Waals surface area contributed by atoms with Gasteiger partial charge in [0.15, 0.2) is 0 Å². The minimum absolute atomic E-state index is 0.623. The van der Waals surface area contributed by atoms with E-state index in [1.54, 1.807) is 0 Å². The Kier molecular flexibility index (Phi) is 11.1. The fourth-order valence-electron chi connectivity index (χ4n) is 1.30. The maximum absolute atomic E-state index is 10.6. The Morgan fingerprint density at radius 1 is 1.31 bits per heavy atom. The van der Waals surface area contributed by atoms with Gasteiger partial charge in [-0.25, -0.2) is 0 Å². The third kappa shape index (κ3) is 8.70. The number of carboxylic acid groups (broad SMARTS) is 1. The number of carboxylic acids is 1. The summed E-state index contributed by atoms with van der Waals surface area (Å²) in [6.07, 6.45) is 5.13. The average molecular weight is 353 g/mol. The molecule has 0 saturated heterocycles. The maximum atomic E-state index is 10.6. The van der Waals surface area contributed by atoms with Crippen molar-refractivity contribution in [1.29, 1.82) is 0 Å². The number of hydrogen-bond donors (Lipinski definition) is 2. The van der Waals surface area contributed by atoms with E-state index in [9.17, 15) is 4.79 Å². The summed E-state index contributed by atoms with van der Waals surface area (Å²) in [7, 11) is 1.93. The molecule has 0 heterocycles. The molecule has 0 spiro atoms. The number of hydrogen-bond acceptors (Lipinski definition) is 3. The van der Waals surface area contributed by atoms with E-state index in [0.717, 1.165) is 0 Å². The molecule has 0 rings (SSSR count). The van der Waals surface area contributed by atoms with Crippen molar-refractivity contribution >= 4 is 33.3 Å². The van der Waals surface area contributed by atoms with Gasteiger partial charge >= 0.3 is 109 Å². The van der Waals surface area contributed by atoms with Crippen molar-refractivity contribution in [3.63, 3.8) is 0 Å². The molecular formula is C11H24NO2SSn. The van der Waals surface area contributed by atoms with Crippen LogP contribution in [-0.2, 0) is 4.79 Å². The normalized spacial score (nSPS) is 13.0. The van der Waals surface area contributed by atoms with Gasteiger partial charge in [0, 0.05) is 0 Å². The molecule has 0 aromatic rings. The standard InChI is InChI=1S/2C4H9.C3H7NO2S.Sn/c2*1-3-4-2;4-2(1-7)3(5)6;/h2*1,3-4H2,2H3;2,7H,1,4H2,(H,5,6);/q;;;+1/p-1/t;;2-;/m..0./s1. The number of aliphatic carboxylic acids is 1. The summed E-state index contributed by atoms with van der Waals surface area (Å²) in [6, 6.07) is -0.663. The molecule has 0 fully saturated rings. The van der Waals surface area contributed by atoms with E-state index in [4.69, 9.17) is 10.8 Å². The van der Waals surface area contributed by atoms with Gasteiger partial charge in [-0.15, -0.1) is 0 Å². The molecular weight excluding hydrogens is 329 g/mol. The van der Waals surface area contributed by atoms with Crippen molar-refractivity contribution in [2.45, 2.75) is 54.4 Å². The minimum atomic E-state index is -1.37. The summed E-state index contributed by atoms with van der Waals surface area (Å²) >= 11 is -1.37. The average Bonchev–Trinajstić information content (AvgIpc) is 2.27. The molecule has 95 valence electrons. The summed E-state index contributed by atoms with van der Waals surface area (Å²) in [5.74, 6) is -0.237. The van der Waals surface area contributed by atoms with Crippen LogP contribution in [0.2, 0.25) is 8.87 Å². The summed E-state index contributed by atoms with van der Waals surface area (Å²) in [5.41, 5.74) is 5.53. The SMILES string of the molecule is CCC[CH2][Sn]([CH2]CCC)[S]C[C@H](N)C(=O)O. The first kappa shape index (κ1) is 16.6. The van der Waals surface area contributed by atoms with Crippen molar-refractivity contribution in [2.75, 3.05) is 5.75 Å². The van der Waals surface area contributed by atoms with E-state index in [1.807, 2.05) is 8.95 Å².